The van der Waals surface area contributed by atoms with Gasteiger partial charge in [0, 0.05) is 28.7 Å². The van der Waals surface area contributed by atoms with Gasteiger partial charge in [-0.1, -0.05) is 30.3 Å². The van der Waals surface area contributed by atoms with Gasteiger partial charge in [-0.2, -0.15) is 0 Å². The number of thiophene rings is 1. The number of anilines is 1. The maximum absolute atomic E-state index is 14.1. The monoisotopic (exact) mass is 555 g/mol. The molecule has 8 N–H and O–H groups in total. The van der Waals surface area contributed by atoms with Gasteiger partial charge >= 0.3 is 0 Å². The topological polar surface area (TPSA) is 145 Å². The fraction of sp³-hybridized carbons (Fsp3) is 0.290. The highest BCUT2D eigenvalue weighted by molar-refractivity contribution is 7.21. The summed E-state index contributed by atoms with van der Waals surface area (Å²) in [6.07, 6.45) is 2.75. The average Bonchev–Trinajstić information content (AvgIpc) is 3.57. The first-order valence-electron chi connectivity index (χ1n) is 13.5. The van der Waals surface area contributed by atoms with Gasteiger partial charge in [-0.15, -0.1) is 11.3 Å². The van der Waals surface area contributed by atoms with Gasteiger partial charge in [0.15, 0.2) is 5.78 Å². The fourth-order valence-electron chi connectivity index (χ4n) is 6.22. The summed E-state index contributed by atoms with van der Waals surface area (Å²) in [5, 5.41) is 7.14. The Kier molecular flexibility index (Phi) is 6.62. The van der Waals surface area contributed by atoms with Crippen LogP contribution in [0.5, 0.6) is 11.5 Å². The summed E-state index contributed by atoms with van der Waals surface area (Å²) < 4.78 is 6.72. The Morgan fingerprint density at radius 3 is 2.45 bits per heavy atom. The quantitative estimate of drug-likeness (QED) is 0.224. The lowest BCUT2D eigenvalue weighted by molar-refractivity contribution is -0.124. The second kappa shape index (κ2) is 10.0. The molecule has 0 radical (unpaired) electrons. The Hall–Kier alpha value is -3.76. The van der Waals surface area contributed by atoms with Crippen LogP contribution in [0.2, 0.25) is 0 Å². The van der Waals surface area contributed by atoms with Gasteiger partial charge in [0.1, 0.15) is 17.0 Å². The van der Waals surface area contributed by atoms with Crippen LogP contribution in [0, 0.1) is 6.92 Å². The van der Waals surface area contributed by atoms with Crippen molar-refractivity contribution in [3.8, 4) is 11.5 Å². The van der Waals surface area contributed by atoms with E-state index in [1.807, 2.05) is 56.4 Å². The number of hydrogen-bond acceptors (Lipinski definition) is 8. The van der Waals surface area contributed by atoms with Gasteiger partial charge in [0.05, 0.1) is 15.6 Å². The third kappa shape index (κ3) is 4.17. The van der Waals surface area contributed by atoms with Gasteiger partial charge in [-0.05, 0) is 80.3 Å². The van der Waals surface area contributed by atoms with Crippen LogP contribution in [-0.2, 0) is 10.3 Å². The molecule has 2 aliphatic rings. The van der Waals surface area contributed by atoms with Crippen molar-refractivity contribution in [1.29, 1.82) is 0 Å². The van der Waals surface area contributed by atoms with Crippen LogP contribution in [0.25, 0.3) is 10.1 Å². The molecule has 9 heteroatoms. The molecule has 40 heavy (non-hydrogen) atoms. The molecule has 0 spiro atoms. The summed E-state index contributed by atoms with van der Waals surface area (Å²) >= 11 is 1.28. The SMILES string of the molecule is CNC1CC[C@H](NC(=O)c2sc3c(N)ccc4c3c2C(N)C(=O)C4(N)c2ccc(Oc3ccccc3)cc2C)C1. The highest BCUT2D eigenvalue weighted by Gasteiger charge is 2.49. The molecule has 4 aromatic rings. The van der Waals surface area contributed by atoms with Crippen LogP contribution < -0.4 is 32.6 Å². The number of benzene rings is 3. The highest BCUT2D eigenvalue weighted by atomic mass is 32.1. The molecule has 206 valence electrons. The zero-order valence-corrected chi connectivity index (χ0v) is 23.3. The standard InChI is InChI=1S/C31H33N5O3S/c1-16-14-20(39-19-6-4-3-5-7-19)10-11-21(16)31(34)22-12-13-23(32)27-24(22)25(26(33)29(31)37)28(40-27)30(38)36-18-9-8-17(15-18)35-2/h3-7,10-14,17-18,26,35H,8-9,15,32-34H2,1-2H3,(H,36,38)/t17?,18-,26?,31?/m0/s1. The lowest BCUT2D eigenvalue weighted by Crippen LogP contribution is -2.53. The Morgan fingerprint density at radius 1 is 1.02 bits per heavy atom. The van der Waals surface area contributed by atoms with Crippen LogP contribution in [0.4, 0.5) is 5.69 Å². The van der Waals surface area contributed by atoms with E-state index in [-0.39, 0.29) is 17.7 Å². The van der Waals surface area contributed by atoms with E-state index in [1.165, 1.54) is 11.3 Å². The van der Waals surface area contributed by atoms with Gasteiger partial charge in [0.2, 0.25) is 0 Å². The minimum atomic E-state index is -1.52. The summed E-state index contributed by atoms with van der Waals surface area (Å²) in [6, 6.07) is 17.9. The summed E-state index contributed by atoms with van der Waals surface area (Å²) in [4.78, 5) is 28.1. The number of nitrogens with one attached hydrogen (secondary N) is 2. The van der Waals surface area contributed by atoms with Gasteiger partial charge in [-0.3, -0.25) is 9.59 Å². The number of nitrogens with two attached hydrogens (primary N) is 3. The van der Waals surface area contributed by atoms with E-state index in [2.05, 4.69) is 10.6 Å². The van der Waals surface area contributed by atoms with Crippen LogP contribution in [-0.4, -0.2) is 30.8 Å². The van der Waals surface area contributed by atoms with Crippen molar-refractivity contribution in [2.45, 2.75) is 49.9 Å². The van der Waals surface area contributed by atoms with E-state index in [1.54, 1.807) is 18.2 Å². The molecule has 1 heterocycles. The molecule has 4 atom stereocenters. The van der Waals surface area contributed by atoms with Crippen molar-refractivity contribution >= 4 is 38.8 Å². The first-order chi connectivity index (χ1) is 19.2. The molecule has 1 fully saturated rings. The molecule has 1 saturated carbocycles. The van der Waals surface area contributed by atoms with Gasteiger partial charge in [0.25, 0.3) is 5.91 Å². The predicted molar refractivity (Wildman–Crippen MR) is 159 cm³/mol. The lowest BCUT2D eigenvalue weighted by Gasteiger charge is -2.37. The Labute approximate surface area is 236 Å². The Morgan fingerprint density at radius 2 is 1.75 bits per heavy atom. The number of hydrogen-bond donors (Lipinski definition) is 5. The van der Waals surface area contributed by atoms with Crippen molar-refractivity contribution in [2.24, 2.45) is 11.5 Å². The molecular weight excluding hydrogens is 522 g/mol. The minimum absolute atomic E-state index is 0.0579. The molecule has 1 amide bonds. The van der Waals surface area contributed by atoms with Crippen LogP contribution in [0.1, 0.15) is 57.2 Å². The summed E-state index contributed by atoms with van der Waals surface area (Å²) in [5.41, 5.74) is 21.7. The largest absolute Gasteiger partial charge is 0.457 e. The van der Waals surface area contributed by atoms with E-state index in [4.69, 9.17) is 21.9 Å². The zero-order valence-electron chi connectivity index (χ0n) is 22.5. The van der Waals surface area contributed by atoms with Crippen LogP contribution in [0.15, 0.2) is 60.7 Å². The van der Waals surface area contributed by atoms with Crippen molar-refractivity contribution in [2.75, 3.05) is 12.8 Å². The number of Topliss-reactive ketones (excluding diaryl/α,β-unsaturated/α-hetero) is 1. The number of nitrogen functional groups attached to an aromatic ring is 1. The second-order valence-electron chi connectivity index (χ2n) is 10.8. The molecule has 0 saturated heterocycles. The predicted octanol–water partition coefficient (Wildman–Crippen LogP) is 4.24. The summed E-state index contributed by atoms with van der Waals surface area (Å²) in [6.45, 7) is 1.90. The Bertz CT molecular complexity index is 1640. The fourth-order valence-corrected chi connectivity index (χ4v) is 7.42. The van der Waals surface area contributed by atoms with E-state index < -0.39 is 11.6 Å². The molecule has 8 nitrogen and oxygen atoms in total. The molecule has 1 aromatic heterocycles. The van der Waals surface area contributed by atoms with E-state index in [0.29, 0.717) is 50.2 Å². The molecule has 0 bridgehead atoms. The third-order valence-corrected chi connectivity index (χ3v) is 9.55. The van der Waals surface area contributed by atoms with Gasteiger partial charge < -0.3 is 32.6 Å². The smallest absolute Gasteiger partial charge is 0.261 e. The Balaban J connectivity index is 1.42. The summed E-state index contributed by atoms with van der Waals surface area (Å²) in [5.74, 6) is 0.749. The maximum Gasteiger partial charge on any atom is 0.261 e. The molecule has 3 aromatic carbocycles. The number of carbonyl (C=O) groups is 2. The highest BCUT2D eigenvalue weighted by Crippen LogP contribution is 2.50. The number of para-hydroxylation sites is 1. The van der Waals surface area contributed by atoms with Crippen molar-refractivity contribution in [3.05, 3.63) is 87.8 Å². The molecule has 0 aliphatic heterocycles. The van der Waals surface area contributed by atoms with Crippen LogP contribution in [0.3, 0.4) is 0 Å². The molecular formula is C31H33N5O3S. The maximum atomic E-state index is 14.1. The number of ether oxygens (including phenoxy) is 1. The second-order valence-corrected chi connectivity index (χ2v) is 11.8. The normalized spacial score (nSPS) is 23.9. The molecule has 2 aliphatic carbocycles. The summed E-state index contributed by atoms with van der Waals surface area (Å²) in [7, 11) is 1.94. The number of amides is 1. The number of carbonyl (C=O) groups excluding carboxylic acids is 2. The van der Waals surface area contributed by atoms with Crippen molar-refractivity contribution < 1.29 is 14.3 Å². The average molecular weight is 556 g/mol. The van der Waals surface area contributed by atoms with Crippen LogP contribution >= 0.6 is 11.3 Å². The van der Waals surface area contributed by atoms with Crippen molar-refractivity contribution in [1.82, 2.24) is 10.6 Å². The minimum Gasteiger partial charge on any atom is -0.457 e. The van der Waals surface area contributed by atoms with E-state index >= 15 is 0 Å². The first-order valence-corrected chi connectivity index (χ1v) is 14.3. The third-order valence-electron chi connectivity index (χ3n) is 8.30. The first kappa shape index (κ1) is 26.5. The number of rotatable bonds is 6. The molecule has 6 rings (SSSR count). The van der Waals surface area contributed by atoms with Gasteiger partial charge in [-0.25, -0.2) is 0 Å². The van der Waals surface area contributed by atoms with Crippen molar-refractivity contribution in [3.63, 3.8) is 0 Å². The lowest BCUT2D eigenvalue weighted by atomic mass is 9.69. The number of ketones is 1. The molecule has 3 unspecified atom stereocenters. The van der Waals surface area contributed by atoms with E-state index in [9.17, 15) is 9.59 Å². The van der Waals surface area contributed by atoms with E-state index in [0.717, 1.165) is 29.5 Å². The zero-order chi connectivity index (χ0) is 28.2. The number of aryl methyl sites for hydroxylation is 1.